The summed E-state index contributed by atoms with van der Waals surface area (Å²) in [5, 5.41) is 5.36. The molecule has 0 spiro atoms. The van der Waals surface area contributed by atoms with Gasteiger partial charge >= 0.3 is 12.2 Å². The highest BCUT2D eigenvalue weighted by Gasteiger charge is 2.40. The zero-order valence-corrected chi connectivity index (χ0v) is 28.4. The molecule has 0 saturated carbocycles. The molecule has 0 bridgehead atoms. The predicted molar refractivity (Wildman–Crippen MR) is 173 cm³/mol. The van der Waals surface area contributed by atoms with E-state index >= 15 is 0 Å². The molecule has 0 aromatic heterocycles. The fourth-order valence-corrected chi connectivity index (χ4v) is 6.06. The van der Waals surface area contributed by atoms with Gasteiger partial charge < -0.3 is 24.5 Å². The molecule has 0 aliphatic rings. The summed E-state index contributed by atoms with van der Waals surface area (Å²) in [5.74, 6) is 0. The number of carbonyl (C=O) groups excluding carboxylic acids is 2. The molecule has 44 heavy (non-hydrogen) atoms. The Bertz CT molecular complexity index is 1350. The van der Waals surface area contributed by atoms with Crippen LogP contribution in [0, 0.1) is 6.92 Å². The molecule has 0 unspecified atom stereocenters. The van der Waals surface area contributed by atoms with Crippen molar-refractivity contribution in [3.63, 3.8) is 0 Å². The molecule has 0 heterocycles. The van der Waals surface area contributed by atoms with Gasteiger partial charge in [0.15, 0.2) is 8.32 Å². The molecule has 2 aromatic carbocycles. The maximum atomic E-state index is 13.1. The Balaban J connectivity index is 2.34. The van der Waals surface area contributed by atoms with Crippen LogP contribution in [-0.2, 0) is 34.7 Å². The van der Waals surface area contributed by atoms with Crippen molar-refractivity contribution in [2.45, 2.75) is 75.8 Å². The molecule has 0 aliphatic heterocycles. The number of hydrogen-bond donors (Lipinski definition) is 2. The van der Waals surface area contributed by atoms with Gasteiger partial charge in [0.25, 0.3) is 10.1 Å². The lowest BCUT2D eigenvalue weighted by molar-refractivity contribution is 0.0972. The number of aryl methyl sites for hydroxylation is 1. The van der Waals surface area contributed by atoms with Crippen molar-refractivity contribution in [3.05, 3.63) is 90.5 Å². The van der Waals surface area contributed by atoms with E-state index in [-0.39, 0.29) is 42.7 Å². The van der Waals surface area contributed by atoms with Gasteiger partial charge in [-0.05, 0) is 54.7 Å². The Morgan fingerprint density at radius 3 is 2.05 bits per heavy atom. The minimum atomic E-state index is -4.06. The van der Waals surface area contributed by atoms with Crippen LogP contribution in [0.15, 0.2) is 78.7 Å². The number of hydrogen-bond acceptors (Lipinski definition) is 8. The van der Waals surface area contributed by atoms with Crippen molar-refractivity contribution >= 4 is 30.6 Å². The van der Waals surface area contributed by atoms with Gasteiger partial charge in [0, 0.05) is 6.54 Å². The van der Waals surface area contributed by atoms with E-state index in [1.54, 1.807) is 12.1 Å². The molecule has 242 valence electrons. The molecule has 0 aliphatic carbocycles. The molecule has 2 amide bonds. The zero-order valence-electron chi connectivity index (χ0n) is 26.6. The first-order valence-electron chi connectivity index (χ1n) is 14.4. The number of carbonyl (C=O) groups is 2. The van der Waals surface area contributed by atoms with Crippen LogP contribution in [0.5, 0.6) is 0 Å². The second kappa shape index (κ2) is 16.6. The Kier molecular flexibility index (Phi) is 13.8. The SMILES string of the molecule is C=CCOC(=O)NCc1ccc([C@@H](C[C@H](COS(=O)(=O)c2ccc(C)cc2)O[Si](C)(C)C(C)(C)C)NC(=O)OCC=C)cc1. The van der Waals surface area contributed by atoms with Gasteiger partial charge in [-0.3, -0.25) is 4.18 Å². The van der Waals surface area contributed by atoms with Gasteiger partial charge in [0.2, 0.25) is 0 Å². The Labute approximate surface area is 263 Å². The number of nitrogens with one attached hydrogen (secondary N) is 2. The Morgan fingerprint density at radius 2 is 1.50 bits per heavy atom. The number of rotatable bonds is 16. The summed E-state index contributed by atoms with van der Waals surface area (Å²) in [5.41, 5.74) is 2.46. The maximum Gasteiger partial charge on any atom is 0.407 e. The van der Waals surface area contributed by atoms with Gasteiger partial charge in [0.05, 0.1) is 23.6 Å². The summed E-state index contributed by atoms with van der Waals surface area (Å²) >= 11 is 0. The lowest BCUT2D eigenvalue weighted by Gasteiger charge is -2.40. The molecule has 2 N–H and O–H groups in total. The van der Waals surface area contributed by atoms with Crippen LogP contribution in [0.4, 0.5) is 9.59 Å². The van der Waals surface area contributed by atoms with E-state index in [9.17, 15) is 18.0 Å². The average molecular weight is 647 g/mol. The second-order valence-corrected chi connectivity index (χ2v) is 18.2. The van der Waals surface area contributed by atoms with Gasteiger partial charge in [-0.15, -0.1) is 0 Å². The lowest BCUT2D eigenvalue weighted by Crippen LogP contribution is -2.46. The van der Waals surface area contributed by atoms with Gasteiger partial charge in [-0.2, -0.15) is 8.42 Å². The first-order valence-corrected chi connectivity index (χ1v) is 18.7. The molecule has 2 aromatic rings. The third kappa shape index (κ3) is 11.9. The van der Waals surface area contributed by atoms with Crippen molar-refractivity contribution in [1.82, 2.24) is 10.6 Å². The van der Waals surface area contributed by atoms with Crippen LogP contribution in [0.3, 0.4) is 0 Å². The third-order valence-corrected chi connectivity index (χ3v) is 13.1. The lowest BCUT2D eigenvalue weighted by atomic mass is 9.99. The molecule has 10 nitrogen and oxygen atoms in total. The Hall–Kier alpha value is -3.45. The van der Waals surface area contributed by atoms with Crippen LogP contribution in [0.1, 0.15) is 49.9 Å². The summed E-state index contributed by atoms with van der Waals surface area (Å²) in [4.78, 5) is 24.5. The van der Waals surface area contributed by atoms with E-state index < -0.39 is 42.8 Å². The quantitative estimate of drug-likeness (QED) is 0.119. The highest BCUT2D eigenvalue weighted by atomic mass is 32.2. The van der Waals surface area contributed by atoms with E-state index in [0.29, 0.717) is 0 Å². The number of ether oxygens (including phenoxy) is 2. The second-order valence-electron chi connectivity index (χ2n) is 11.9. The Morgan fingerprint density at radius 1 is 0.932 bits per heavy atom. The van der Waals surface area contributed by atoms with E-state index in [4.69, 9.17) is 18.1 Å². The third-order valence-electron chi connectivity index (χ3n) is 7.26. The van der Waals surface area contributed by atoms with Crippen molar-refractivity contribution < 1.29 is 36.1 Å². The molecular weight excluding hydrogens is 601 g/mol. The van der Waals surface area contributed by atoms with Crippen molar-refractivity contribution in [1.29, 1.82) is 0 Å². The van der Waals surface area contributed by atoms with Crippen molar-refractivity contribution in [2.24, 2.45) is 0 Å². The van der Waals surface area contributed by atoms with E-state index in [2.05, 4.69) is 57.7 Å². The van der Waals surface area contributed by atoms with Crippen LogP contribution in [0.2, 0.25) is 18.1 Å². The summed E-state index contributed by atoms with van der Waals surface area (Å²) < 4.78 is 48.4. The first-order chi connectivity index (χ1) is 20.6. The molecular formula is C32H46N2O8SSi. The normalized spacial score (nSPS) is 13.3. The summed E-state index contributed by atoms with van der Waals surface area (Å²) in [6, 6.07) is 13.1. The smallest absolute Gasteiger partial charge is 0.407 e. The fraction of sp³-hybridized carbons (Fsp3) is 0.438. The molecule has 2 rings (SSSR count). The van der Waals surface area contributed by atoms with E-state index in [1.165, 1.54) is 24.3 Å². The zero-order chi connectivity index (χ0) is 33.0. The van der Waals surface area contributed by atoms with E-state index in [1.807, 2.05) is 31.2 Å². The average Bonchev–Trinajstić information content (AvgIpc) is 2.96. The highest BCUT2D eigenvalue weighted by molar-refractivity contribution is 7.86. The molecule has 0 saturated heterocycles. The monoisotopic (exact) mass is 646 g/mol. The minimum absolute atomic E-state index is 0.0208. The van der Waals surface area contributed by atoms with Crippen molar-refractivity contribution in [2.75, 3.05) is 19.8 Å². The van der Waals surface area contributed by atoms with Gasteiger partial charge in [-0.1, -0.05) is 88.0 Å². The number of amides is 2. The molecule has 12 heteroatoms. The molecule has 0 fully saturated rings. The highest BCUT2D eigenvalue weighted by Crippen LogP contribution is 2.38. The molecule has 2 atom stereocenters. The fourth-order valence-electron chi connectivity index (χ4n) is 3.77. The largest absolute Gasteiger partial charge is 0.445 e. The van der Waals surface area contributed by atoms with Crippen LogP contribution >= 0.6 is 0 Å². The molecule has 0 radical (unpaired) electrons. The van der Waals surface area contributed by atoms with Gasteiger partial charge in [0.1, 0.15) is 13.2 Å². The maximum absolute atomic E-state index is 13.1. The van der Waals surface area contributed by atoms with Crippen LogP contribution in [0.25, 0.3) is 0 Å². The van der Waals surface area contributed by atoms with Gasteiger partial charge in [-0.25, -0.2) is 9.59 Å². The number of alkyl carbamates (subject to hydrolysis) is 2. The topological polar surface area (TPSA) is 129 Å². The summed E-state index contributed by atoms with van der Waals surface area (Å²) in [6.07, 6.45) is 1.22. The predicted octanol–water partition coefficient (Wildman–Crippen LogP) is 6.55. The standard InChI is InChI=1S/C32H46N2O8SSi/c1-9-19-39-30(35)33-22-25-13-15-26(16-14-25)29(34-31(36)40-20-10-2)21-27(42-44(7,8)32(4,5)6)23-41-43(37,38)28-17-11-24(3)12-18-28/h9-18,27,29H,1-2,19-23H2,3-8H3,(H,33,35)(H,34,36)/t27-,29-/m1/s1. The summed E-state index contributed by atoms with van der Waals surface area (Å²) in [6.45, 7) is 19.5. The minimum Gasteiger partial charge on any atom is -0.445 e. The number of benzene rings is 2. The van der Waals surface area contributed by atoms with Crippen molar-refractivity contribution in [3.8, 4) is 0 Å². The summed E-state index contributed by atoms with van der Waals surface area (Å²) in [7, 11) is -6.47. The first kappa shape index (κ1) is 36.7. The van der Waals surface area contributed by atoms with Crippen LogP contribution in [-0.4, -0.2) is 54.8 Å². The van der Waals surface area contributed by atoms with Crippen LogP contribution < -0.4 is 10.6 Å². The van der Waals surface area contributed by atoms with E-state index in [0.717, 1.165) is 16.7 Å².